The van der Waals surface area contributed by atoms with Crippen LogP contribution in [0.1, 0.15) is 5.56 Å². The van der Waals surface area contributed by atoms with Crippen LogP contribution < -0.4 is 5.43 Å². The Labute approximate surface area is 120 Å². The van der Waals surface area contributed by atoms with Crippen molar-refractivity contribution in [1.82, 2.24) is 0 Å². The minimum absolute atomic E-state index is 0.174. The highest BCUT2D eigenvalue weighted by molar-refractivity contribution is 5.83. The molecule has 0 saturated carbocycles. The van der Waals surface area contributed by atoms with Crippen LogP contribution in [-0.2, 0) is 11.2 Å². The summed E-state index contributed by atoms with van der Waals surface area (Å²) >= 11 is 0. The molecule has 2 aromatic carbocycles. The van der Waals surface area contributed by atoms with Crippen molar-refractivity contribution in [2.75, 3.05) is 0 Å². The summed E-state index contributed by atoms with van der Waals surface area (Å²) in [5.74, 6) is -0.739. The molecular formula is C17H12O4. The van der Waals surface area contributed by atoms with Gasteiger partial charge in [0.15, 0.2) is 5.43 Å². The number of carbonyl (C=O) groups is 1. The van der Waals surface area contributed by atoms with E-state index in [1.165, 1.54) is 0 Å². The summed E-state index contributed by atoms with van der Waals surface area (Å²) in [4.78, 5) is 23.6. The molecule has 104 valence electrons. The predicted octanol–water partition coefficient (Wildman–Crippen LogP) is 3.09. The van der Waals surface area contributed by atoms with E-state index < -0.39 is 5.97 Å². The Kier molecular flexibility index (Phi) is 3.28. The van der Waals surface area contributed by atoms with Crippen LogP contribution in [0.4, 0.5) is 0 Å². The van der Waals surface area contributed by atoms with Crippen molar-refractivity contribution in [3.8, 4) is 11.3 Å². The average Bonchev–Trinajstić information content (AvgIpc) is 2.50. The van der Waals surface area contributed by atoms with Crippen LogP contribution in [0.3, 0.4) is 0 Å². The molecule has 1 aromatic heterocycles. The molecule has 21 heavy (non-hydrogen) atoms. The average molecular weight is 280 g/mol. The quantitative estimate of drug-likeness (QED) is 0.800. The summed E-state index contributed by atoms with van der Waals surface area (Å²) in [5.41, 5.74) is 1.03. The molecule has 0 unspecified atom stereocenters. The number of hydrogen-bond acceptors (Lipinski definition) is 3. The number of carboxylic acid groups (broad SMARTS) is 1. The van der Waals surface area contributed by atoms with Crippen LogP contribution >= 0.6 is 0 Å². The minimum atomic E-state index is -1.06. The second kappa shape index (κ2) is 5.25. The van der Waals surface area contributed by atoms with Crippen LogP contribution in [-0.4, -0.2) is 11.1 Å². The third kappa shape index (κ3) is 2.43. The van der Waals surface area contributed by atoms with Gasteiger partial charge in [-0.1, -0.05) is 42.5 Å². The van der Waals surface area contributed by atoms with E-state index in [1.807, 2.05) is 18.2 Å². The largest absolute Gasteiger partial charge is 0.481 e. The highest BCUT2D eigenvalue weighted by Gasteiger charge is 2.17. The van der Waals surface area contributed by atoms with Gasteiger partial charge in [-0.2, -0.15) is 0 Å². The SMILES string of the molecule is O=C(O)Cc1c(-c2ccccc2)oc2ccccc2c1=O. The number of rotatable bonds is 3. The number of fused-ring (bicyclic) bond motifs is 1. The minimum Gasteiger partial charge on any atom is -0.481 e. The molecule has 0 saturated heterocycles. The van der Waals surface area contributed by atoms with Crippen LogP contribution in [0, 0.1) is 0 Å². The summed E-state index contributed by atoms with van der Waals surface area (Å²) in [6.45, 7) is 0. The molecule has 0 atom stereocenters. The fraction of sp³-hybridized carbons (Fsp3) is 0.0588. The Morgan fingerprint density at radius 3 is 2.38 bits per heavy atom. The lowest BCUT2D eigenvalue weighted by atomic mass is 10.0. The maximum atomic E-state index is 12.5. The Morgan fingerprint density at radius 1 is 1.00 bits per heavy atom. The summed E-state index contributed by atoms with van der Waals surface area (Å²) in [6, 6.07) is 15.9. The summed E-state index contributed by atoms with van der Waals surface area (Å²) in [7, 11) is 0. The van der Waals surface area contributed by atoms with Gasteiger partial charge in [-0.3, -0.25) is 9.59 Å². The number of aliphatic carboxylic acids is 1. The van der Waals surface area contributed by atoms with E-state index >= 15 is 0 Å². The van der Waals surface area contributed by atoms with E-state index in [1.54, 1.807) is 36.4 Å². The van der Waals surface area contributed by atoms with Crippen LogP contribution in [0.2, 0.25) is 0 Å². The zero-order valence-corrected chi connectivity index (χ0v) is 11.1. The second-order valence-corrected chi connectivity index (χ2v) is 4.67. The topological polar surface area (TPSA) is 67.5 Å². The number of carboxylic acids is 1. The zero-order valence-electron chi connectivity index (χ0n) is 11.1. The van der Waals surface area contributed by atoms with Gasteiger partial charge in [-0.15, -0.1) is 0 Å². The second-order valence-electron chi connectivity index (χ2n) is 4.67. The third-order valence-electron chi connectivity index (χ3n) is 3.26. The monoisotopic (exact) mass is 280 g/mol. The smallest absolute Gasteiger partial charge is 0.308 e. The number of para-hydroxylation sites is 1. The van der Waals surface area contributed by atoms with E-state index in [4.69, 9.17) is 9.52 Å². The maximum absolute atomic E-state index is 12.5. The fourth-order valence-electron chi connectivity index (χ4n) is 2.31. The van der Waals surface area contributed by atoms with Gasteiger partial charge in [0, 0.05) is 5.56 Å². The Balaban J connectivity index is 2.36. The van der Waals surface area contributed by atoms with Gasteiger partial charge in [-0.25, -0.2) is 0 Å². The molecule has 4 heteroatoms. The van der Waals surface area contributed by atoms with Crippen molar-refractivity contribution in [2.24, 2.45) is 0 Å². The van der Waals surface area contributed by atoms with E-state index in [-0.39, 0.29) is 17.4 Å². The lowest BCUT2D eigenvalue weighted by molar-refractivity contribution is -0.136. The highest BCUT2D eigenvalue weighted by Crippen LogP contribution is 2.26. The molecule has 0 radical (unpaired) electrons. The molecule has 4 nitrogen and oxygen atoms in total. The normalized spacial score (nSPS) is 10.7. The summed E-state index contributed by atoms with van der Waals surface area (Å²) < 4.78 is 5.80. The molecular weight excluding hydrogens is 268 g/mol. The van der Waals surface area contributed by atoms with Gasteiger partial charge in [-0.05, 0) is 12.1 Å². The first-order valence-corrected chi connectivity index (χ1v) is 6.49. The van der Waals surface area contributed by atoms with Crippen LogP contribution in [0.25, 0.3) is 22.3 Å². The van der Waals surface area contributed by atoms with Crippen molar-refractivity contribution >= 4 is 16.9 Å². The standard InChI is InChI=1S/C17H12O4/c18-15(19)10-13-16(20)12-8-4-5-9-14(12)21-17(13)11-6-2-1-3-7-11/h1-9H,10H2,(H,18,19). The molecule has 1 N–H and O–H groups in total. The molecule has 0 bridgehead atoms. The summed E-state index contributed by atoms with van der Waals surface area (Å²) in [6.07, 6.45) is -0.364. The van der Waals surface area contributed by atoms with Gasteiger partial charge >= 0.3 is 5.97 Å². The van der Waals surface area contributed by atoms with Crippen molar-refractivity contribution < 1.29 is 14.3 Å². The first kappa shape index (κ1) is 13.1. The first-order valence-electron chi connectivity index (χ1n) is 6.49. The maximum Gasteiger partial charge on any atom is 0.308 e. The summed E-state index contributed by atoms with van der Waals surface area (Å²) in [5, 5.41) is 9.45. The van der Waals surface area contributed by atoms with Crippen molar-refractivity contribution in [1.29, 1.82) is 0 Å². The van der Waals surface area contributed by atoms with Gasteiger partial charge in [0.2, 0.25) is 0 Å². The molecule has 0 aliphatic carbocycles. The molecule has 0 aliphatic rings. The Morgan fingerprint density at radius 2 is 1.67 bits per heavy atom. The Bertz CT molecular complexity index is 863. The Hall–Kier alpha value is -2.88. The lowest BCUT2D eigenvalue weighted by Crippen LogP contribution is -2.15. The third-order valence-corrected chi connectivity index (χ3v) is 3.26. The molecule has 0 amide bonds. The van der Waals surface area contributed by atoms with Gasteiger partial charge in [0.25, 0.3) is 0 Å². The molecule has 3 rings (SSSR count). The molecule has 3 aromatic rings. The van der Waals surface area contributed by atoms with Crippen molar-refractivity contribution in [3.05, 3.63) is 70.4 Å². The van der Waals surface area contributed by atoms with Gasteiger partial charge in [0.1, 0.15) is 11.3 Å². The number of hydrogen-bond donors (Lipinski definition) is 1. The fourth-order valence-corrected chi connectivity index (χ4v) is 2.31. The van der Waals surface area contributed by atoms with E-state index in [0.29, 0.717) is 22.3 Å². The highest BCUT2D eigenvalue weighted by atomic mass is 16.4. The van der Waals surface area contributed by atoms with Crippen LogP contribution in [0.15, 0.2) is 63.8 Å². The van der Waals surface area contributed by atoms with Crippen LogP contribution in [0.5, 0.6) is 0 Å². The molecule has 0 fully saturated rings. The van der Waals surface area contributed by atoms with Gasteiger partial charge in [0.05, 0.1) is 17.4 Å². The molecule has 0 aliphatic heterocycles. The lowest BCUT2D eigenvalue weighted by Gasteiger charge is -2.08. The first-order chi connectivity index (χ1) is 10.2. The van der Waals surface area contributed by atoms with Crippen molar-refractivity contribution in [2.45, 2.75) is 6.42 Å². The number of benzene rings is 2. The van der Waals surface area contributed by atoms with Crippen molar-refractivity contribution in [3.63, 3.8) is 0 Å². The molecule has 0 spiro atoms. The molecule has 1 heterocycles. The predicted molar refractivity (Wildman–Crippen MR) is 79.3 cm³/mol. The van der Waals surface area contributed by atoms with E-state index in [9.17, 15) is 9.59 Å². The van der Waals surface area contributed by atoms with Gasteiger partial charge < -0.3 is 9.52 Å². The zero-order chi connectivity index (χ0) is 14.8. The van der Waals surface area contributed by atoms with E-state index in [0.717, 1.165) is 0 Å². The van der Waals surface area contributed by atoms with E-state index in [2.05, 4.69) is 0 Å².